The van der Waals surface area contributed by atoms with Gasteiger partial charge >= 0.3 is 0 Å². The molecule has 0 amide bonds. The number of hydrogen-bond donors (Lipinski definition) is 1. The summed E-state index contributed by atoms with van der Waals surface area (Å²) >= 11 is 0. The zero-order chi connectivity index (χ0) is 14.4. The molecule has 1 N–H and O–H groups in total. The van der Waals surface area contributed by atoms with Crippen molar-refractivity contribution >= 4 is 0 Å². The van der Waals surface area contributed by atoms with Gasteiger partial charge in [-0.25, -0.2) is 0 Å². The first-order valence-corrected chi connectivity index (χ1v) is 8.05. The standard InChI is InChI=1S/C18H29NO/c1-14(2)12-16-4-6-18(7-5-16)15(3)19-13-17-8-10-20-11-9-17/h4-7,14-15,17,19H,8-13H2,1-3H3. The summed E-state index contributed by atoms with van der Waals surface area (Å²) in [6.07, 6.45) is 3.57. The van der Waals surface area contributed by atoms with E-state index in [-0.39, 0.29) is 0 Å². The molecule has 1 aromatic carbocycles. The van der Waals surface area contributed by atoms with Crippen LogP contribution in [0.4, 0.5) is 0 Å². The average molecular weight is 275 g/mol. The average Bonchev–Trinajstić information content (AvgIpc) is 2.46. The SMILES string of the molecule is CC(C)Cc1ccc(C(C)NCC2CCOCC2)cc1. The van der Waals surface area contributed by atoms with Crippen LogP contribution in [0.15, 0.2) is 24.3 Å². The molecule has 112 valence electrons. The van der Waals surface area contributed by atoms with Gasteiger partial charge in [-0.15, -0.1) is 0 Å². The number of hydrogen-bond acceptors (Lipinski definition) is 2. The van der Waals surface area contributed by atoms with E-state index in [1.54, 1.807) is 0 Å². The number of ether oxygens (including phenoxy) is 1. The van der Waals surface area contributed by atoms with E-state index in [1.807, 2.05) is 0 Å². The third kappa shape index (κ3) is 4.92. The molecule has 2 rings (SSSR count). The van der Waals surface area contributed by atoms with Crippen LogP contribution in [0, 0.1) is 11.8 Å². The van der Waals surface area contributed by atoms with E-state index < -0.39 is 0 Å². The lowest BCUT2D eigenvalue weighted by Crippen LogP contribution is -2.29. The van der Waals surface area contributed by atoms with Gasteiger partial charge < -0.3 is 10.1 Å². The topological polar surface area (TPSA) is 21.3 Å². The highest BCUT2D eigenvalue weighted by molar-refractivity contribution is 5.25. The maximum Gasteiger partial charge on any atom is 0.0469 e. The minimum absolute atomic E-state index is 0.436. The highest BCUT2D eigenvalue weighted by Gasteiger charge is 2.14. The first-order valence-electron chi connectivity index (χ1n) is 8.05. The molecule has 2 heteroatoms. The van der Waals surface area contributed by atoms with Crippen molar-refractivity contribution in [1.82, 2.24) is 5.32 Å². The first-order chi connectivity index (χ1) is 9.65. The second-order valence-electron chi connectivity index (χ2n) is 6.53. The minimum Gasteiger partial charge on any atom is -0.381 e. The summed E-state index contributed by atoms with van der Waals surface area (Å²) in [6.45, 7) is 9.78. The van der Waals surface area contributed by atoms with Gasteiger partial charge in [0, 0.05) is 19.3 Å². The molecule has 1 unspecified atom stereocenters. The molecule has 0 radical (unpaired) electrons. The zero-order valence-corrected chi connectivity index (χ0v) is 13.2. The monoisotopic (exact) mass is 275 g/mol. The Morgan fingerprint density at radius 3 is 2.35 bits per heavy atom. The van der Waals surface area contributed by atoms with E-state index in [2.05, 4.69) is 50.4 Å². The normalized spacial score (nSPS) is 18.4. The number of rotatable bonds is 6. The minimum atomic E-state index is 0.436. The Balaban J connectivity index is 1.80. The Bertz CT molecular complexity index is 379. The fraction of sp³-hybridized carbons (Fsp3) is 0.667. The van der Waals surface area contributed by atoms with E-state index in [1.165, 1.54) is 30.4 Å². The highest BCUT2D eigenvalue weighted by atomic mass is 16.5. The van der Waals surface area contributed by atoms with Crippen molar-refractivity contribution in [3.63, 3.8) is 0 Å². The second kappa shape index (κ2) is 7.80. The predicted octanol–water partition coefficient (Wildman–Crippen LogP) is 3.96. The van der Waals surface area contributed by atoms with Crippen LogP contribution in [0.1, 0.15) is 50.8 Å². The van der Waals surface area contributed by atoms with Crippen molar-refractivity contribution in [1.29, 1.82) is 0 Å². The highest BCUT2D eigenvalue weighted by Crippen LogP contribution is 2.18. The summed E-state index contributed by atoms with van der Waals surface area (Å²) in [6, 6.07) is 9.55. The molecule has 0 spiro atoms. The molecule has 0 bridgehead atoms. The van der Waals surface area contributed by atoms with Crippen LogP contribution in [0.5, 0.6) is 0 Å². The Hall–Kier alpha value is -0.860. The van der Waals surface area contributed by atoms with Crippen molar-refractivity contribution in [3.05, 3.63) is 35.4 Å². The van der Waals surface area contributed by atoms with Crippen LogP contribution >= 0.6 is 0 Å². The quantitative estimate of drug-likeness (QED) is 0.848. The third-order valence-electron chi connectivity index (χ3n) is 4.18. The van der Waals surface area contributed by atoms with Gasteiger partial charge in [0.25, 0.3) is 0 Å². The molecule has 1 aliphatic rings. The lowest BCUT2D eigenvalue weighted by atomic mass is 9.98. The van der Waals surface area contributed by atoms with Crippen molar-refractivity contribution in [2.24, 2.45) is 11.8 Å². The summed E-state index contributed by atoms with van der Waals surface area (Å²) in [4.78, 5) is 0. The van der Waals surface area contributed by atoms with E-state index >= 15 is 0 Å². The Morgan fingerprint density at radius 1 is 1.10 bits per heavy atom. The van der Waals surface area contributed by atoms with Gasteiger partial charge in [0.2, 0.25) is 0 Å². The molecule has 1 atom stereocenters. The van der Waals surface area contributed by atoms with Crippen LogP contribution in [0.2, 0.25) is 0 Å². The molecule has 2 nitrogen and oxygen atoms in total. The fourth-order valence-corrected chi connectivity index (χ4v) is 2.83. The van der Waals surface area contributed by atoms with Gasteiger partial charge in [-0.05, 0) is 55.7 Å². The van der Waals surface area contributed by atoms with Crippen molar-refractivity contribution in [3.8, 4) is 0 Å². The van der Waals surface area contributed by atoms with Gasteiger partial charge in [-0.3, -0.25) is 0 Å². The molecule has 1 saturated heterocycles. The lowest BCUT2D eigenvalue weighted by Gasteiger charge is -2.24. The molecular formula is C18H29NO. The third-order valence-corrected chi connectivity index (χ3v) is 4.18. The summed E-state index contributed by atoms with van der Waals surface area (Å²) < 4.78 is 5.41. The molecular weight excluding hydrogens is 246 g/mol. The van der Waals surface area contributed by atoms with E-state index in [4.69, 9.17) is 4.74 Å². The summed E-state index contributed by atoms with van der Waals surface area (Å²) in [5.74, 6) is 1.51. The largest absolute Gasteiger partial charge is 0.381 e. The molecule has 1 aromatic rings. The van der Waals surface area contributed by atoms with Crippen molar-refractivity contribution < 1.29 is 4.74 Å². The molecule has 1 aliphatic heterocycles. The van der Waals surface area contributed by atoms with Crippen LogP contribution in [0.25, 0.3) is 0 Å². The smallest absolute Gasteiger partial charge is 0.0469 e. The fourth-order valence-electron chi connectivity index (χ4n) is 2.83. The van der Waals surface area contributed by atoms with Crippen LogP contribution in [-0.4, -0.2) is 19.8 Å². The number of benzene rings is 1. The Morgan fingerprint density at radius 2 is 1.75 bits per heavy atom. The number of nitrogens with one attached hydrogen (secondary N) is 1. The van der Waals surface area contributed by atoms with Crippen LogP contribution in [0.3, 0.4) is 0 Å². The van der Waals surface area contributed by atoms with Gasteiger partial charge in [0.05, 0.1) is 0 Å². The van der Waals surface area contributed by atoms with Crippen LogP contribution in [-0.2, 0) is 11.2 Å². The Labute approximate surface area is 123 Å². The van der Waals surface area contributed by atoms with Crippen molar-refractivity contribution in [2.45, 2.75) is 46.1 Å². The molecule has 0 saturated carbocycles. The van der Waals surface area contributed by atoms with Gasteiger partial charge in [0.1, 0.15) is 0 Å². The van der Waals surface area contributed by atoms with E-state index in [0.717, 1.165) is 31.6 Å². The zero-order valence-electron chi connectivity index (χ0n) is 13.2. The summed E-state index contributed by atoms with van der Waals surface area (Å²) in [5, 5.41) is 3.67. The Kier molecular flexibility index (Phi) is 6.06. The first kappa shape index (κ1) is 15.5. The lowest BCUT2D eigenvalue weighted by molar-refractivity contribution is 0.0656. The molecule has 1 heterocycles. The van der Waals surface area contributed by atoms with Gasteiger partial charge in [-0.2, -0.15) is 0 Å². The van der Waals surface area contributed by atoms with Crippen molar-refractivity contribution in [2.75, 3.05) is 19.8 Å². The van der Waals surface area contributed by atoms with Gasteiger partial charge in [0.15, 0.2) is 0 Å². The molecule has 0 aromatic heterocycles. The summed E-state index contributed by atoms with van der Waals surface area (Å²) in [5.41, 5.74) is 2.84. The van der Waals surface area contributed by atoms with Gasteiger partial charge in [-0.1, -0.05) is 38.1 Å². The molecule has 1 fully saturated rings. The van der Waals surface area contributed by atoms with Crippen LogP contribution < -0.4 is 5.32 Å². The molecule has 20 heavy (non-hydrogen) atoms. The predicted molar refractivity (Wildman–Crippen MR) is 84.9 cm³/mol. The van der Waals surface area contributed by atoms with E-state index in [9.17, 15) is 0 Å². The van der Waals surface area contributed by atoms with E-state index in [0.29, 0.717) is 6.04 Å². The molecule has 0 aliphatic carbocycles. The maximum absolute atomic E-state index is 5.41. The summed E-state index contributed by atoms with van der Waals surface area (Å²) in [7, 11) is 0. The maximum atomic E-state index is 5.41. The second-order valence-corrected chi connectivity index (χ2v) is 6.53.